The number of nitrogens with zero attached hydrogens (tertiary/aromatic N) is 2. The first-order chi connectivity index (χ1) is 8.56. The number of nitrogens with two attached hydrogens (primary N) is 1. The van der Waals surface area contributed by atoms with Crippen LogP contribution in [0, 0.1) is 5.82 Å². The molecule has 18 heavy (non-hydrogen) atoms. The molecule has 0 bridgehead atoms. The van der Waals surface area contributed by atoms with Gasteiger partial charge in [-0.3, -0.25) is 0 Å². The van der Waals surface area contributed by atoms with Crippen LogP contribution in [0.2, 0.25) is 0 Å². The van der Waals surface area contributed by atoms with Crippen molar-refractivity contribution in [2.45, 2.75) is 25.9 Å². The molecule has 2 aromatic rings. The van der Waals surface area contributed by atoms with Gasteiger partial charge in [0.05, 0.1) is 6.54 Å². The molecule has 1 heterocycles. The van der Waals surface area contributed by atoms with Crippen molar-refractivity contribution < 1.29 is 4.39 Å². The highest BCUT2D eigenvalue weighted by Gasteiger charge is 2.09. The summed E-state index contributed by atoms with van der Waals surface area (Å²) in [5, 5.41) is 0. The minimum Gasteiger partial charge on any atom is -0.330 e. The van der Waals surface area contributed by atoms with Gasteiger partial charge in [-0.25, -0.2) is 9.37 Å². The second-order valence-corrected chi connectivity index (χ2v) is 5.30. The first-order valence-corrected chi connectivity index (χ1v) is 6.55. The van der Waals surface area contributed by atoms with Gasteiger partial charge in [-0.15, -0.1) is 0 Å². The van der Waals surface area contributed by atoms with E-state index in [2.05, 4.69) is 20.9 Å². The topological polar surface area (TPSA) is 43.8 Å². The molecule has 1 unspecified atom stereocenters. The Labute approximate surface area is 114 Å². The van der Waals surface area contributed by atoms with E-state index in [1.165, 1.54) is 6.07 Å². The van der Waals surface area contributed by atoms with Crippen LogP contribution < -0.4 is 5.73 Å². The molecule has 0 amide bonds. The van der Waals surface area contributed by atoms with E-state index in [1.807, 2.05) is 17.7 Å². The van der Waals surface area contributed by atoms with Crippen LogP contribution in [-0.2, 0) is 13.0 Å². The van der Waals surface area contributed by atoms with Gasteiger partial charge in [0.25, 0.3) is 0 Å². The minimum absolute atomic E-state index is 0.0403. The first kappa shape index (κ1) is 13.2. The molecule has 2 N–H and O–H groups in total. The maximum atomic E-state index is 13.7. The Hall–Kier alpha value is -1.20. The Morgan fingerprint density at radius 3 is 3.00 bits per heavy atom. The largest absolute Gasteiger partial charge is 0.330 e. The lowest BCUT2D eigenvalue weighted by Gasteiger charge is -2.10. The average Bonchev–Trinajstić information content (AvgIpc) is 2.70. The smallest absolute Gasteiger partial charge is 0.128 e. The molecular formula is C13H15BrFN3. The monoisotopic (exact) mass is 311 g/mol. The number of rotatable bonds is 4. The molecule has 96 valence electrons. The van der Waals surface area contributed by atoms with Crippen LogP contribution in [0.5, 0.6) is 0 Å². The zero-order chi connectivity index (χ0) is 13.1. The van der Waals surface area contributed by atoms with Crippen molar-refractivity contribution in [3.05, 3.63) is 52.3 Å². The van der Waals surface area contributed by atoms with Crippen LogP contribution in [0.4, 0.5) is 4.39 Å². The molecule has 0 radical (unpaired) electrons. The maximum Gasteiger partial charge on any atom is 0.128 e. The predicted octanol–water partition coefficient (Wildman–Crippen LogP) is 2.72. The third kappa shape index (κ3) is 3.17. The van der Waals surface area contributed by atoms with E-state index in [-0.39, 0.29) is 11.9 Å². The SMILES string of the molecule is CC(N)Cc1nccn1Cc1cc(Br)ccc1F. The van der Waals surface area contributed by atoms with E-state index < -0.39 is 0 Å². The standard InChI is InChI=1S/C13H15BrFN3/c1-9(16)6-13-17-4-5-18(13)8-10-7-11(14)2-3-12(10)15/h2-5,7,9H,6,8,16H2,1H3. The quantitative estimate of drug-likeness (QED) is 0.943. The number of hydrogen-bond donors (Lipinski definition) is 1. The van der Waals surface area contributed by atoms with Gasteiger partial charge in [0.15, 0.2) is 0 Å². The zero-order valence-electron chi connectivity index (χ0n) is 10.1. The molecule has 0 saturated heterocycles. The second kappa shape index (κ2) is 5.63. The highest BCUT2D eigenvalue weighted by Crippen LogP contribution is 2.17. The second-order valence-electron chi connectivity index (χ2n) is 4.39. The van der Waals surface area contributed by atoms with Gasteiger partial charge >= 0.3 is 0 Å². The Morgan fingerprint density at radius 2 is 2.28 bits per heavy atom. The van der Waals surface area contributed by atoms with Crippen molar-refractivity contribution >= 4 is 15.9 Å². The molecule has 2 rings (SSSR count). The van der Waals surface area contributed by atoms with Crippen LogP contribution in [0.3, 0.4) is 0 Å². The van der Waals surface area contributed by atoms with Crippen LogP contribution >= 0.6 is 15.9 Å². The summed E-state index contributed by atoms with van der Waals surface area (Å²) < 4.78 is 16.5. The Kier molecular flexibility index (Phi) is 4.14. The van der Waals surface area contributed by atoms with Crippen molar-refractivity contribution in [2.24, 2.45) is 5.73 Å². The minimum atomic E-state index is -0.210. The summed E-state index contributed by atoms with van der Waals surface area (Å²) in [7, 11) is 0. The maximum absolute atomic E-state index is 13.7. The van der Waals surface area contributed by atoms with E-state index >= 15 is 0 Å². The summed E-state index contributed by atoms with van der Waals surface area (Å²) in [5.74, 6) is 0.669. The Balaban J connectivity index is 2.23. The van der Waals surface area contributed by atoms with Gasteiger partial charge in [-0.2, -0.15) is 0 Å². The van der Waals surface area contributed by atoms with Gasteiger partial charge in [-0.1, -0.05) is 15.9 Å². The van der Waals surface area contributed by atoms with Gasteiger partial charge in [0.1, 0.15) is 11.6 Å². The van der Waals surface area contributed by atoms with E-state index in [9.17, 15) is 4.39 Å². The predicted molar refractivity (Wildman–Crippen MR) is 72.8 cm³/mol. The molecule has 5 heteroatoms. The lowest BCUT2D eigenvalue weighted by Crippen LogP contribution is -2.20. The van der Waals surface area contributed by atoms with E-state index in [0.29, 0.717) is 18.5 Å². The van der Waals surface area contributed by atoms with Gasteiger partial charge in [0, 0.05) is 34.9 Å². The van der Waals surface area contributed by atoms with E-state index in [1.54, 1.807) is 18.3 Å². The van der Waals surface area contributed by atoms with Crippen molar-refractivity contribution in [1.82, 2.24) is 9.55 Å². The third-order valence-electron chi connectivity index (χ3n) is 2.65. The van der Waals surface area contributed by atoms with Crippen LogP contribution in [0.1, 0.15) is 18.3 Å². The van der Waals surface area contributed by atoms with Gasteiger partial charge in [-0.05, 0) is 25.1 Å². The van der Waals surface area contributed by atoms with Crippen molar-refractivity contribution in [1.29, 1.82) is 0 Å². The van der Waals surface area contributed by atoms with Crippen LogP contribution in [-0.4, -0.2) is 15.6 Å². The fourth-order valence-electron chi connectivity index (χ4n) is 1.81. The number of hydrogen-bond acceptors (Lipinski definition) is 2. The summed E-state index contributed by atoms with van der Waals surface area (Å²) in [5.41, 5.74) is 6.40. The van der Waals surface area contributed by atoms with E-state index in [4.69, 9.17) is 5.73 Å². The molecule has 0 spiro atoms. The third-order valence-corrected chi connectivity index (χ3v) is 3.15. The van der Waals surface area contributed by atoms with Crippen LogP contribution in [0.25, 0.3) is 0 Å². The molecule has 1 aromatic carbocycles. The Morgan fingerprint density at radius 1 is 1.50 bits per heavy atom. The normalized spacial score (nSPS) is 12.7. The molecule has 3 nitrogen and oxygen atoms in total. The average molecular weight is 312 g/mol. The first-order valence-electron chi connectivity index (χ1n) is 5.76. The molecular weight excluding hydrogens is 297 g/mol. The fraction of sp³-hybridized carbons (Fsp3) is 0.308. The van der Waals surface area contributed by atoms with Crippen molar-refractivity contribution in [2.75, 3.05) is 0 Å². The van der Waals surface area contributed by atoms with Gasteiger partial charge < -0.3 is 10.3 Å². The lowest BCUT2D eigenvalue weighted by molar-refractivity contribution is 0.587. The molecule has 0 aliphatic carbocycles. The molecule has 1 aromatic heterocycles. The van der Waals surface area contributed by atoms with Crippen LogP contribution in [0.15, 0.2) is 35.1 Å². The summed E-state index contributed by atoms with van der Waals surface area (Å²) in [4.78, 5) is 4.25. The lowest BCUT2D eigenvalue weighted by atomic mass is 10.2. The van der Waals surface area contributed by atoms with Gasteiger partial charge in [0.2, 0.25) is 0 Å². The van der Waals surface area contributed by atoms with Crippen molar-refractivity contribution in [3.8, 4) is 0 Å². The highest BCUT2D eigenvalue weighted by molar-refractivity contribution is 9.10. The van der Waals surface area contributed by atoms with Crippen molar-refractivity contribution in [3.63, 3.8) is 0 Å². The number of benzene rings is 1. The zero-order valence-corrected chi connectivity index (χ0v) is 11.7. The number of aromatic nitrogens is 2. The number of halogens is 2. The molecule has 0 saturated carbocycles. The number of imidazole rings is 1. The fourth-order valence-corrected chi connectivity index (χ4v) is 2.22. The summed E-state index contributed by atoms with van der Waals surface area (Å²) in [6.45, 7) is 2.39. The molecule has 0 fully saturated rings. The van der Waals surface area contributed by atoms with E-state index in [0.717, 1.165) is 10.3 Å². The summed E-state index contributed by atoms with van der Waals surface area (Å²) in [6, 6.07) is 4.97. The Bertz CT molecular complexity index is 537. The molecule has 1 atom stereocenters. The molecule has 0 aliphatic rings. The summed E-state index contributed by atoms with van der Waals surface area (Å²) >= 11 is 3.35. The summed E-state index contributed by atoms with van der Waals surface area (Å²) in [6.07, 6.45) is 4.24. The highest BCUT2D eigenvalue weighted by atomic mass is 79.9. The molecule has 0 aliphatic heterocycles.